The second kappa shape index (κ2) is 5.27. The molecule has 0 saturated carbocycles. The van der Waals surface area contributed by atoms with Crippen LogP contribution in [0.1, 0.15) is 24.5 Å². The van der Waals surface area contributed by atoms with Crippen LogP contribution in [0, 0.1) is 6.92 Å². The Bertz CT molecular complexity index is 418. The Kier molecular flexibility index (Phi) is 3.94. The third-order valence-electron chi connectivity index (χ3n) is 2.87. The van der Waals surface area contributed by atoms with Gasteiger partial charge in [-0.1, -0.05) is 0 Å². The zero-order valence-corrected chi connectivity index (χ0v) is 11.8. The molecule has 0 spiro atoms. The lowest BCUT2D eigenvalue weighted by Crippen LogP contribution is -2.18. The van der Waals surface area contributed by atoms with E-state index in [1.165, 1.54) is 5.56 Å². The Labute approximate surface area is 110 Å². The minimum atomic E-state index is 0.144. The second-order valence-electron chi connectivity index (χ2n) is 4.53. The van der Waals surface area contributed by atoms with E-state index in [0.717, 1.165) is 34.4 Å². The van der Waals surface area contributed by atoms with Crippen molar-refractivity contribution in [2.24, 2.45) is 5.73 Å². The Morgan fingerprint density at radius 2 is 2.00 bits per heavy atom. The third kappa shape index (κ3) is 2.75. The maximum atomic E-state index is 5.86. The molecule has 1 unspecified atom stereocenters. The van der Waals surface area contributed by atoms with Gasteiger partial charge in [-0.05, 0) is 53.4 Å². The van der Waals surface area contributed by atoms with Crippen molar-refractivity contribution in [3.63, 3.8) is 0 Å². The van der Waals surface area contributed by atoms with Crippen molar-refractivity contribution in [1.29, 1.82) is 0 Å². The molecule has 1 aromatic carbocycles. The van der Waals surface area contributed by atoms with Gasteiger partial charge in [-0.25, -0.2) is 0 Å². The van der Waals surface area contributed by atoms with Gasteiger partial charge >= 0.3 is 0 Å². The van der Waals surface area contributed by atoms with Crippen molar-refractivity contribution >= 4 is 15.9 Å². The largest absolute Gasteiger partial charge is 0.489 e. The number of halogens is 1. The van der Waals surface area contributed by atoms with Crippen LogP contribution in [0.4, 0.5) is 0 Å². The van der Waals surface area contributed by atoms with Gasteiger partial charge in [0.15, 0.2) is 11.5 Å². The maximum Gasteiger partial charge on any atom is 0.175 e. The number of fused-ring (bicyclic) bond motifs is 1. The van der Waals surface area contributed by atoms with E-state index in [1.807, 2.05) is 6.92 Å². The molecule has 1 aromatic rings. The Morgan fingerprint density at radius 1 is 1.35 bits per heavy atom. The van der Waals surface area contributed by atoms with Gasteiger partial charge in [-0.2, -0.15) is 0 Å². The topological polar surface area (TPSA) is 44.5 Å². The summed E-state index contributed by atoms with van der Waals surface area (Å²) >= 11 is 3.55. The van der Waals surface area contributed by atoms with Crippen molar-refractivity contribution < 1.29 is 9.47 Å². The predicted octanol–water partition coefficient (Wildman–Crippen LogP) is 2.81. The highest BCUT2D eigenvalue weighted by Crippen LogP contribution is 2.41. The number of rotatable bonds is 2. The minimum absolute atomic E-state index is 0.144. The van der Waals surface area contributed by atoms with Crippen LogP contribution in [0.2, 0.25) is 0 Å². The van der Waals surface area contributed by atoms with Crippen LogP contribution in [0.3, 0.4) is 0 Å². The molecule has 2 rings (SSSR count). The molecule has 0 saturated heterocycles. The summed E-state index contributed by atoms with van der Waals surface area (Å²) < 4.78 is 12.5. The van der Waals surface area contributed by atoms with Crippen molar-refractivity contribution in [1.82, 2.24) is 0 Å². The molecule has 1 aliphatic heterocycles. The van der Waals surface area contributed by atoms with E-state index >= 15 is 0 Å². The average Bonchev–Trinajstić information content (AvgIpc) is 2.50. The molecule has 0 radical (unpaired) electrons. The van der Waals surface area contributed by atoms with E-state index in [-0.39, 0.29) is 6.04 Å². The fourth-order valence-corrected chi connectivity index (χ4v) is 2.60. The number of ether oxygens (including phenoxy) is 2. The lowest BCUT2D eigenvalue weighted by Gasteiger charge is -2.17. The smallest absolute Gasteiger partial charge is 0.175 e. The molecule has 4 heteroatoms. The van der Waals surface area contributed by atoms with Crippen molar-refractivity contribution in [3.8, 4) is 11.5 Å². The molecule has 0 amide bonds. The van der Waals surface area contributed by atoms with Crippen LogP contribution in [0.5, 0.6) is 11.5 Å². The molecule has 2 N–H and O–H groups in total. The van der Waals surface area contributed by atoms with Crippen LogP contribution >= 0.6 is 15.9 Å². The molecule has 0 bridgehead atoms. The zero-order chi connectivity index (χ0) is 12.4. The molecule has 1 aliphatic rings. The molecule has 94 valence electrons. The maximum absolute atomic E-state index is 5.86. The normalized spacial score (nSPS) is 16.5. The molecule has 17 heavy (non-hydrogen) atoms. The van der Waals surface area contributed by atoms with E-state index in [1.54, 1.807) is 0 Å². The van der Waals surface area contributed by atoms with Gasteiger partial charge in [-0.3, -0.25) is 0 Å². The molecule has 0 fully saturated rings. The molecular weight excluding hydrogens is 282 g/mol. The first kappa shape index (κ1) is 12.7. The summed E-state index contributed by atoms with van der Waals surface area (Å²) in [6.07, 6.45) is 1.77. The third-order valence-corrected chi connectivity index (χ3v) is 3.46. The predicted molar refractivity (Wildman–Crippen MR) is 71.8 cm³/mol. The van der Waals surface area contributed by atoms with E-state index in [4.69, 9.17) is 15.2 Å². The van der Waals surface area contributed by atoms with Gasteiger partial charge in [0.25, 0.3) is 0 Å². The minimum Gasteiger partial charge on any atom is -0.489 e. The summed E-state index contributed by atoms with van der Waals surface area (Å²) in [6, 6.07) is 2.23. The molecular formula is C13H18BrNO2. The zero-order valence-electron chi connectivity index (χ0n) is 10.3. The highest BCUT2D eigenvalue weighted by atomic mass is 79.9. The van der Waals surface area contributed by atoms with Crippen molar-refractivity contribution in [2.45, 2.75) is 32.7 Å². The summed E-state index contributed by atoms with van der Waals surface area (Å²) in [4.78, 5) is 0. The molecule has 0 aliphatic carbocycles. The van der Waals surface area contributed by atoms with Gasteiger partial charge in [0, 0.05) is 12.5 Å². The summed E-state index contributed by atoms with van der Waals surface area (Å²) in [6.45, 7) is 5.49. The first-order chi connectivity index (χ1) is 8.09. The monoisotopic (exact) mass is 299 g/mol. The standard InChI is InChI=1S/C13H18BrNO2/c1-8(15)6-10-7-11(14)13-12(9(10)2)16-4-3-5-17-13/h7-8H,3-6,15H2,1-2H3. The van der Waals surface area contributed by atoms with Crippen LogP contribution in [0.25, 0.3) is 0 Å². The van der Waals surface area contributed by atoms with Gasteiger partial charge in [-0.15, -0.1) is 0 Å². The lowest BCUT2D eigenvalue weighted by atomic mass is 10.0. The summed E-state index contributed by atoms with van der Waals surface area (Å²) in [7, 11) is 0. The second-order valence-corrected chi connectivity index (χ2v) is 5.39. The van der Waals surface area contributed by atoms with Crippen molar-refractivity contribution in [2.75, 3.05) is 13.2 Å². The van der Waals surface area contributed by atoms with Crippen LogP contribution in [-0.4, -0.2) is 19.3 Å². The summed E-state index contributed by atoms with van der Waals surface area (Å²) in [5.74, 6) is 1.70. The fourth-order valence-electron chi connectivity index (χ4n) is 2.03. The number of hydrogen-bond donors (Lipinski definition) is 1. The lowest BCUT2D eigenvalue weighted by molar-refractivity contribution is 0.296. The van der Waals surface area contributed by atoms with Crippen LogP contribution in [-0.2, 0) is 6.42 Å². The average molecular weight is 300 g/mol. The van der Waals surface area contributed by atoms with Gasteiger partial charge in [0.2, 0.25) is 0 Å². The van der Waals surface area contributed by atoms with E-state index < -0.39 is 0 Å². The summed E-state index contributed by atoms with van der Waals surface area (Å²) in [5.41, 5.74) is 8.22. The van der Waals surface area contributed by atoms with Gasteiger partial charge < -0.3 is 15.2 Å². The first-order valence-corrected chi connectivity index (χ1v) is 6.72. The number of nitrogens with two attached hydrogens (primary N) is 1. The number of hydrogen-bond acceptors (Lipinski definition) is 3. The van der Waals surface area contributed by atoms with Crippen LogP contribution < -0.4 is 15.2 Å². The SMILES string of the molecule is Cc1c(CC(C)N)cc(Br)c2c1OCCCO2. The van der Waals surface area contributed by atoms with E-state index in [0.29, 0.717) is 13.2 Å². The summed E-state index contributed by atoms with van der Waals surface area (Å²) in [5, 5.41) is 0. The molecule has 1 heterocycles. The van der Waals surface area contributed by atoms with E-state index in [9.17, 15) is 0 Å². The quantitative estimate of drug-likeness (QED) is 0.913. The van der Waals surface area contributed by atoms with Crippen LogP contribution in [0.15, 0.2) is 10.5 Å². The Hall–Kier alpha value is -0.740. The fraction of sp³-hybridized carbons (Fsp3) is 0.538. The highest BCUT2D eigenvalue weighted by Gasteiger charge is 2.19. The van der Waals surface area contributed by atoms with E-state index in [2.05, 4.69) is 28.9 Å². The molecule has 3 nitrogen and oxygen atoms in total. The number of benzene rings is 1. The molecule has 1 atom stereocenters. The molecule has 0 aromatic heterocycles. The van der Waals surface area contributed by atoms with Crippen molar-refractivity contribution in [3.05, 3.63) is 21.7 Å². The Balaban J connectivity index is 2.45. The van der Waals surface area contributed by atoms with Gasteiger partial charge in [0.05, 0.1) is 17.7 Å². The van der Waals surface area contributed by atoms with Gasteiger partial charge in [0.1, 0.15) is 0 Å². The Morgan fingerprint density at radius 3 is 2.65 bits per heavy atom. The first-order valence-electron chi connectivity index (χ1n) is 5.92. The highest BCUT2D eigenvalue weighted by molar-refractivity contribution is 9.10.